The van der Waals surface area contributed by atoms with Crippen LogP contribution in [0.15, 0.2) is 16.7 Å². The molecule has 2 heterocycles. The zero-order valence-corrected chi connectivity index (χ0v) is 14.7. The number of hydrogen-bond acceptors (Lipinski definition) is 3. The van der Waals surface area contributed by atoms with Crippen molar-refractivity contribution < 1.29 is 4.79 Å². The summed E-state index contributed by atoms with van der Waals surface area (Å²) >= 11 is 9.31. The number of amides is 1. The van der Waals surface area contributed by atoms with Gasteiger partial charge in [-0.25, -0.2) is 4.98 Å². The van der Waals surface area contributed by atoms with E-state index < -0.39 is 0 Å². The third kappa shape index (κ3) is 4.41. The molecule has 21 heavy (non-hydrogen) atoms. The van der Waals surface area contributed by atoms with Crippen molar-refractivity contribution in [3.8, 4) is 0 Å². The van der Waals surface area contributed by atoms with Crippen molar-refractivity contribution in [3.05, 3.63) is 27.5 Å². The molecule has 0 aromatic carbocycles. The van der Waals surface area contributed by atoms with E-state index in [1.54, 1.807) is 12.3 Å². The quantitative estimate of drug-likeness (QED) is 0.804. The maximum absolute atomic E-state index is 12.3. The number of hydrogen-bond donors (Lipinski definition) is 1. The molecule has 1 aliphatic heterocycles. The van der Waals surface area contributed by atoms with Gasteiger partial charge in [0.1, 0.15) is 5.15 Å². The third-order valence-electron chi connectivity index (χ3n) is 3.90. The van der Waals surface area contributed by atoms with E-state index in [9.17, 15) is 4.79 Å². The standard InChI is InChI=1S/C15H21BrClN3O/c1-10(2)13(20-5-3-4-6-20)9-19-15(21)12-7-11(16)8-18-14(12)17/h7-8,10,13H,3-6,9H2,1-2H3,(H,19,21). The highest BCUT2D eigenvalue weighted by Crippen LogP contribution is 2.19. The molecule has 1 unspecified atom stereocenters. The van der Waals surface area contributed by atoms with Crippen LogP contribution in [-0.4, -0.2) is 41.5 Å². The van der Waals surface area contributed by atoms with Crippen molar-refractivity contribution >= 4 is 33.4 Å². The van der Waals surface area contributed by atoms with Crippen LogP contribution in [0.5, 0.6) is 0 Å². The molecule has 1 aromatic rings. The molecule has 1 aromatic heterocycles. The minimum Gasteiger partial charge on any atom is -0.350 e. The van der Waals surface area contributed by atoms with Crippen LogP contribution in [0.3, 0.4) is 0 Å². The summed E-state index contributed by atoms with van der Waals surface area (Å²) in [6.07, 6.45) is 4.08. The fourth-order valence-electron chi connectivity index (χ4n) is 2.73. The van der Waals surface area contributed by atoms with Gasteiger partial charge in [0.05, 0.1) is 5.56 Å². The Hall–Kier alpha value is -0.650. The van der Waals surface area contributed by atoms with Gasteiger partial charge in [-0.1, -0.05) is 25.4 Å². The molecular formula is C15H21BrClN3O. The second-order valence-corrected chi connectivity index (χ2v) is 7.03. The number of nitrogens with zero attached hydrogens (tertiary/aromatic N) is 2. The van der Waals surface area contributed by atoms with Crippen molar-refractivity contribution in [3.63, 3.8) is 0 Å². The van der Waals surface area contributed by atoms with Gasteiger partial charge >= 0.3 is 0 Å². The molecule has 2 rings (SSSR count). The fraction of sp³-hybridized carbons (Fsp3) is 0.600. The number of carbonyl (C=O) groups is 1. The summed E-state index contributed by atoms with van der Waals surface area (Å²) in [5, 5.41) is 3.23. The first-order chi connectivity index (χ1) is 9.99. The maximum Gasteiger partial charge on any atom is 0.254 e. The first-order valence-corrected chi connectivity index (χ1v) is 8.49. The van der Waals surface area contributed by atoms with E-state index in [2.05, 4.69) is 45.0 Å². The van der Waals surface area contributed by atoms with Crippen LogP contribution in [0, 0.1) is 5.92 Å². The Morgan fingerprint density at radius 1 is 1.48 bits per heavy atom. The van der Waals surface area contributed by atoms with Crippen LogP contribution in [-0.2, 0) is 0 Å². The molecule has 1 saturated heterocycles. The van der Waals surface area contributed by atoms with Crippen molar-refractivity contribution in [1.82, 2.24) is 15.2 Å². The summed E-state index contributed by atoms with van der Waals surface area (Å²) in [7, 11) is 0. The summed E-state index contributed by atoms with van der Waals surface area (Å²) in [5.74, 6) is 0.332. The Labute approximate surface area is 139 Å². The summed E-state index contributed by atoms with van der Waals surface area (Å²) in [6.45, 7) is 7.28. The van der Waals surface area contributed by atoms with Gasteiger partial charge in [-0.2, -0.15) is 0 Å². The minimum atomic E-state index is -0.168. The highest BCUT2D eigenvalue weighted by atomic mass is 79.9. The molecule has 0 bridgehead atoms. The summed E-state index contributed by atoms with van der Waals surface area (Å²) in [5.41, 5.74) is 0.412. The van der Waals surface area contributed by atoms with Gasteiger partial charge in [-0.3, -0.25) is 9.69 Å². The molecule has 4 nitrogen and oxygen atoms in total. The molecule has 1 amide bonds. The monoisotopic (exact) mass is 373 g/mol. The number of nitrogens with one attached hydrogen (secondary N) is 1. The minimum absolute atomic E-state index is 0.168. The first kappa shape index (κ1) is 16.7. The van der Waals surface area contributed by atoms with E-state index in [1.165, 1.54) is 12.8 Å². The predicted molar refractivity (Wildman–Crippen MR) is 88.7 cm³/mol. The average molecular weight is 375 g/mol. The summed E-state index contributed by atoms with van der Waals surface area (Å²) in [6, 6.07) is 2.07. The van der Waals surface area contributed by atoms with E-state index in [4.69, 9.17) is 11.6 Å². The molecule has 116 valence electrons. The van der Waals surface area contributed by atoms with Crippen LogP contribution in [0.1, 0.15) is 37.0 Å². The molecule has 1 fully saturated rings. The molecule has 0 saturated carbocycles. The summed E-state index contributed by atoms with van der Waals surface area (Å²) in [4.78, 5) is 18.7. The largest absolute Gasteiger partial charge is 0.350 e. The van der Waals surface area contributed by atoms with Gasteiger partial charge in [0.2, 0.25) is 0 Å². The Balaban J connectivity index is 1.99. The van der Waals surface area contributed by atoms with Crippen molar-refractivity contribution in [1.29, 1.82) is 0 Å². The molecule has 1 N–H and O–H groups in total. The van der Waals surface area contributed by atoms with Gasteiger partial charge < -0.3 is 5.32 Å². The number of carbonyl (C=O) groups excluding carboxylic acids is 1. The molecule has 0 spiro atoms. The molecule has 1 atom stereocenters. The number of aromatic nitrogens is 1. The lowest BCUT2D eigenvalue weighted by Gasteiger charge is -2.31. The van der Waals surface area contributed by atoms with Gasteiger partial charge in [0, 0.05) is 23.3 Å². The van der Waals surface area contributed by atoms with Gasteiger partial charge in [-0.05, 0) is 53.8 Å². The molecule has 6 heteroatoms. The second kappa shape index (κ2) is 7.56. The maximum atomic E-state index is 12.3. The van der Waals surface area contributed by atoms with Crippen LogP contribution >= 0.6 is 27.5 Å². The molecule has 1 aliphatic rings. The topological polar surface area (TPSA) is 45.2 Å². The lowest BCUT2D eigenvalue weighted by atomic mass is 10.0. The Morgan fingerprint density at radius 2 is 2.14 bits per heavy atom. The van der Waals surface area contributed by atoms with Gasteiger partial charge in [0.15, 0.2) is 0 Å². The highest BCUT2D eigenvalue weighted by Gasteiger charge is 2.25. The van der Waals surface area contributed by atoms with E-state index >= 15 is 0 Å². The smallest absolute Gasteiger partial charge is 0.254 e. The van der Waals surface area contributed by atoms with E-state index in [0.717, 1.165) is 17.6 Å². The van der Waals surface area contributed by atoms with E-state index in [1.807, 2.05) is 0 Å². The first-order valence-electron chi connectivity index (χ1n) is 7.32. The van der Waals surface area contributed by atoms with Crippen LogP contribution < -0.4 is 5.32 Å². The van der Waals surface area contributed by atoms with Gasteiger partial charge in [0.25, 0.3) is 5.91 Å². The number of halogens is 2. The lowest BCUT2D eigenvalue weighted by molar-refractivity contribution is 0.0927. The van der Waals surface area contributed by atoms with Crippen LogP contribution in [0.25, 0.3) is 0 Å². The Kier molecular flexibility index (Phi) is 6.02. The normalized spacial score (nSPS) is 17.2. The average Bonchev–Trinajstić information content (AvgIpc) is 2.95. The second-order valence-electron chi connectivity index (χ2n) is 5.76. The number of rotatable bonds is 5. The molecule has 0 aliphatic carbocycles. The summed E-state index contributed by atoms with van der Waals surface area (Å²) < 4.78 is 0.747. The van der Waals surface area contributed by atoms with E-state index in [0.29, 0.717) is 24.1 Å². The van der Waals surface area contributed by atoms with Crippen molar-refractivity contribution in [2.24, 2.45) is 5.92 Å². The fourth-order valence-corrected chi connectivity index (χ4v) is 3.25. The zero-order valence-electron chi connectivity index (χ0n) is 12.4. The Bertz CT molecular complexity index is 504. The van der Waals surface area contributed by atoms with E-state index in [-0.39, 0.29) is 11.1 Å². The van der Waals surface area contributed by atoms with Gasteiger partial charge in [-0.15, -0.1) is 0 Å². The van der Waals surface area contributed by atoms with Crippen LogP contribution in [0.4, 0.5) is 0 Å². The van der Waals surface area contributed by atoms with Crippen molar-refractivity contribution in [2.75, 3.05) is 19.6 Å². The SMILES string of the molecule is CC(C)C(CNC(=O)c1cc(Br)cnc1Cl)N1CCCC1. The molecule has 0 radical (unpaired) electrons. The molecular weight excluding hydrogens is 354 g/mol. The number of likely N-dealkylation sites (tertiary alicyclic amines) is 1. The predicted octanol–water partition coefficient (Wildman–Crippen LogP) is 3.35. The zero-order chi connectivity index (χ0) is 15.4. The van der Waals surface area contributed by atoms with Crippen LogP contribution in [0.2, 0.25) is 5.15 Å². The van der Waals surface area contributed by atoms with Crippen molar-refractivity contribution in [2.45, 2.75) is 32.7 Å². The third-order valence-corrected chi connectivity index (χ3v) is 4.64. The Morgan fingerprint density at radius 3 is 2.76 bits per heavy atom. The lowest BCUT2D eigenvalue weighted by Crippen LogP contribution is -2.45. The number of pyridine rings is 1. The highest BCUT2D eigenvalue weighted by molar-refractivity contribution is 9.10.